The van der Waals surface area contributed by atoms with Gasteiger partial charge in [0.25, 0.3) is 0 Å². The number of Topliss-reactive ketones (excluding diaryl/α,β-unsaturated/α-hetero) is 4. The third-order valence-corrected chi connectivity index (χ3v) is 23.6. The van der Waals surface area contributed by atoms with Crippen LogP contribution >= 0.6 is 0 Å². The predicted molar refractivity (Wildman–Crippen MR) is 516 cm³/mol. The van der Waals surface area contributed by atoms with Gasteiger partial charge in [-0.05, 0) is 211 Å². The van der Waals surface area contributed by atoms with Crippen molar-refractivity contribution in [1.82, 2.24) is 19.9 Å². The molecule has 0 unspecified atom stereocenters. The van der Waals surface area contributed by atoms with Crippen LogP contribution < -0.4 is 30.1 Å². The first-order valence-corrected chi connectivity index (χ1v) is 45.5. The van der Waals surface area contributed by atoms with Crippen molar-refractivity contribution in [1.29, 1.82) is 0 Å². The van der Waals surface area contributed by atoms with Gasteiger partial charge in [0.05, 0.1) is 18.5 Å². The fraction of sp³-hybridized carbons (Fsp3) is 0.309. The van der Waals surface area contributed by atoms with Gasteiger partial charge in [0.15, 0.2) is 23.1 Å². The lowest BCUT2D eigenvalue weighted by molar-refractivity contribution is -0.120. The lowest BCUT2D eigenvalue weighted by atomic mass is 9.90. The van der Waals surface area contributed by atoms with Gasteiger partial charge in [-0.1, -0.05) is 213 Å². The summed E-state index contributed by atoms with van der Waals surface area (Å²) in [6, 6.07) is 70.8. The van der Waals surface area contributed by atoms with Crippen LogP contribution in [0.3, 0.4) is 0 Å². The highest BCUT2D eigenvalue weighted by Gasteiger charge is 2.31. The minimum atomic E-state index is -0.518. The van der Waals surface area contributed by atoms with Crippen molar-refractivity contribution in [3.63, 3.8) is 0 Å². The molecule has 0 aliphatic heterocycles. The van der Waals surface area contributed by atoms with Crippen LogP contribution in [0.1, 0.15) is 215 Å². The summed E-state index contributed by atoms with van der Waals surface area (Å²) in [4.78, 5) is 123. The number of ether oxygens (including phenoxy) is 1. The molecule has 2 aliphatic rings. The number of halogens is 3. The second-order valence-corrected chi connectivity index (χ2v) is 33.8. The molecule has 0 saturated heterocycles. The van der Waals surface area contributed by atoms with Crippen LogP contribution in [0.2, 0.25) is 0 Å². The summed E-state index contributed by atoms with van der Waals surface area (Å²) in [7, 11) is 1.56. The summed E-state index contributed by atoms with van der Waals surface area (Å²) in [5, 5.41) is 0. The molecular weight excluding hydrogens is 1650 g/mol. The maximum absolute atomic E-state index is 15.0. The molecule has 0 atom stereocenters. The average Bonchev–Trinajstić information content (AvgIpc) is 0.826. The Hall–Kier alpha value is -13.7. The Balaban J connectivity index is 0.000000169. The minimum absolute atomic E-state index is 0.0237. The molecule has 12 aromatic rings. The van der Waals surface area contributed by atoms with E-state index < -0.39 is 17.6 Å². The number of hydrogen-bond donors (Lipinski definition) is 1. The van der Waals surface area contributed by atoms with Crippen LogP contribution in [-0.2, 0) is 44.9 Å². The number of carbonyl (C=O) groups excluding carboxylic acids is 8. The zero-order valence-corrected chi connectivity index (χ0v) is 76.7. The van der Waals surface area contributed by atoms with Crippen LogP contribution in [0.25, 0.3) is 44.5 Å². The average molecular weight is 1770 g/mol. The monoisotopic (exact) mass is 1770 g/mol. The molecule has 21 heteroatoms. The number of hydrogen-bond acceptors (Lipinski definition) is 14. The molecule has 2 fully saturated rings. The molecule has 4 aromatic heterocycles. The standard InChI is InChI=1S/C28H31FN2O3.C28H30N2O2.C27H30FN3O2.C27H27FN2O2/c1-5-28(33)31(18-19(2)3)25-13-12-23(16-24(25)29)21-8-10-22(11-9-21)26(32)14-6-20-7-15-27(34-4)30-17-20;1-3-28(32)30(25-7-4-8-25)26-16-13-23(14-17-26)22-9-11-24(12-10-22)27(31)18-15-21-6-5-19-29-20(21)2;1-4-27(33)31(17-18(2)3)24-12-11-22(15-23(24)28)20-7-9-21(10-8-20)25(32)13-5-19-6-14-26(29)30-16-19;1-2-26(32)30(23-6-3-7-23)24-15-12-20(13-16-24)19-8-10-21(11-9-19)25(31)17-14-22-5-4-18-29-27(22)28/h7-13,15-17,19H,5-6,14,18H2,1-4H3;5-6,9-14,16-17,19,25H,3-4,7-8,15,18H2,1-2H3;6-12,14-16,18H,4-5,13,17H2,1-3H3,(H2,29,30);4-5,8-13,15-16,18,23H,2-3,6-7,14,17H2,1H3. The Morgan fingerprint density at radius 2 is 0.725 bits per heavy atom. The van der Waals surface area contributed by atoms with Crippen molar-refractivity contribution >= 4 is 75.3 Å². The van der Waals surface area contributed by atoms with Gasteiger partial charge < -0.3 is 30.1 Å². The van der Waals surface area contributed by atoms with Gasteiger partial charge >= 0.3 is 0 Å². The summed E-state index contributed by atoms with van der Waals surface area (Å²) in [5.41, 5.74) is 22.3. The lowest BCUT2D eigenvalue weighted by Crippen LogP contribution is -2.44. The van der Waals surface area contributed by atoms with E-state index in [1.165, 1.54) is 41.0 Å². The smallest absolute Gasteiger partial charge is 0.226 e. The van der Waals surface area contributed by atoms with E-state index in [1.54, 1.807) is 106 Å². The Labute approximate surface area is 768 Å². The van der Waals surface area contributed by atoms with E-state index in [1.807, 2.05) is 198 Å². The second kappa shape index (κ2) is 48.1. The number of rotatable bonds is 35. The third kappa shape index (κ3) is 27.2. The minimum Gasteiger partial charge on any atom is -0.481 e. The van der Waals surface area contributed by atoms with Crippen molar-refractivity contribution in [3.05, 3.63) is 323 Å². The van der Waals surface area contributed by atoms with Gasteiger partial charge in [-0.25, -0.2) is 23.7 Å². The number of anilines is 5. The van der Waals surface area contributed by atoms with Gasteiger partial charge in [0.1, 0.15) is 17.5 Å². The first kappa shape index (κ1) is 97.9. The molecule has 2 saturated carbocycles. The molecule has 2 N–H and O–H groups in total. The van der Waals surface area contributed by atoms with E-state index in [0.29, 0.717) is 152 Å². The summed E-state index contributed by atoms with van der Waals surface area (Å²) < 4.78 is 48.7. The number of benzene rings is 8. The Kier molecular flexibility index (Phi) is 36.0. The Morgan fingerprint density at radius 1 is 0.389 bits per heavy atom. The number of aromatic nitrogens is 4. The van der Waals surface area contributed by atoms with Gasteiger partial charge in [-0.15, -0.1) is 0 Å². The number of pyridine rings is 4. The molecule has 0 spiro atoms. The van der Waals surface area contributed by atoms with E-state index in [2.05, 4.69) is 32.1 Å². The lowest BCUT2D eigenvalue weighted by Gasteiger charge is -2.37. The number of nitrogens with two attached hydrogens (primary N) is 1. The number of nitrogens with zero attached hydrogens (tertiary/aromatic N) is 8. The Bertz CT molecular complexity index is 5670. The molecule has 2 aliphatic carbocycles. The SMILES string of the molecule is CCC(=O)N(CC(C)C)c1ccc(-c2ccc(C(=O)CCc3ccc(N)nc3)cc2)cc1F.CCC(=O)N(CC(C)C)c1ccc(-c2ccc(C(=O)CCc3ccc(OC)nc3)cc2)cc1F.CCC(=O)N(c1ccc(-c2ccc(C(=O)CCc3cccnc3C)cc2)cc1)C1CCC1.CCC(=O)N(c1ccc(-c2ccc(C(=O)CCc3cccnc3F)cc2)cc1)C1CCC1. The summed E-state index contributed by atoms with van der Waals surface area (Å²) >= 11 is 0. The maximum Gasteiger partial charge on any atom is 0.226 e. The van der Waals surface area contributed by atoms with E-state index in [0.717, 1.165) is 98.4 Å². The zero-order valence-electron chi connectivity index (χ0n) is 76.7. The van der Waals surface area contributed by atoms with Crippen molar-refractivity contribution in [2.75, 3.05) is 45.5 Å². The highest BCUT2D eigenvalue weighted by molar-refractivity contribution is 6.01. The largest absolute Gasteiger partial charge is 0.481 e. The van der Waals surface area contributed by atoms with E-state index in [9.17, 15) is 51.5 Å². The highest BCUT2D eigenvalue weighted by Crippen LogP contribution is 2.37. The first-order valence-electron chi connectivity index (χ1n) is 45.5. The number of ketones is 4. The summed E-state index contributed by atoms with van der Waals surface area (Å²) in [6.45, 7) is 18.3. The molecule has 8 aromatic carbocycles. The van der Waals surface area contributed by atoms with E-state index in [-0.39, 0.29) is 65.0 Å². The molecule has 4 heterocycles. The second-order valence-electron chi connectivity index (χ2n) is 33.8. The molecule has 14 rings (SSSR count). The van der Waals surface area contributed by atoms with Crippen molar-refractivity contribution in [2.45, 2.75) is 190 Å². The van der Waals surface area contributed by atoms with Gasteiger partial charge in [-0.2, -0.15) is 4.39 Å². The summed E-state index contributed by atoms with van der Waals surface area (Å²) in [6.07, 6.45) is 18.6. The van der Waals surface area contributed by atoms with Gasteiger partial charge in [0, 0.05) is 152 Å². The van der Waals surface area contributed by atoms with Crippen LogP contribution in [0, 0.1) is 36.3 Å². The van der Waals surface area contributed by atoms with Crippen molar-refractivity contribution in [2.24, 2.45) is 11.8 Å². The number of carbonyl (C=O) groups is 8. The number of nitrogen functional groups attached to an aromatic ring is 1. The van der Waals surface area contributed by atoms with Gasteiger partial charge in [0.2, 0.25) is 35.5 Å². The third-order valence-electron chi connectivity index (χ3n) is 23.6. The molecule has 18 nitrogen and oxygen atoms in total. The van der Waals surface area contributed by atoms with E-state index >= 15 is 0 Å². The molecular formula is C110H118F3N9O9. The number of aryl methyl sites for hydroxylation is 5. The molecule has 131 heavy (non-hydrogen) atoms. The maximum atomic E-state index is 15.0. The topological polar surface area (TPSA) is 236 Å². The van der Waals surface area contributed by atoms with Crippen LogP contribution in [0.4, 0.5) is 41.7 Å². The Morgan fingerprint density at radius 3 is 1.04 bits per heavy atom. The van der Waals surface area contributed by atoms with Crippen molar-refractivity contribution in [3.8, 4) is 50.4 Å². The predicted octanol–water partition coefficient (Wildman–Crippen LogP) is 24.0. The molecule has 678 valence electrons. The van der Waals surface area contributed by atoms with E-state index in [4.69, 9.17) is 10.5 Å². The highest BCUT2D eigenvalue weighted by atomic mass is 19.1. The fourth-order valence-electron chi connectivity index (χ4n) is 15.6. The van der Waals surface area contributed by atoms with Crippen LogP contribution in [0.5, 0.6) is 5.88 Å². The first-order chi connectivity index (χ1) is 63.2. The molecule has 4 amide bonds. The summed E-state index contributed by atoms with van der Waals surface area (Å²) in [5.74, 6) is 0.374. The van der Waals surface area contributed by atoms with Crippen LogP contribution in [-0.4, -0.2) is 99.0 Å². The quantitative estimate of drug-likeness (QED) is 0.0287. The zero-order chi connectivity index (χ0) is 93.6. The molecule has 0 radical (unpaired) electrons. The molecule has 0 bridgehead atoms. The normalized spacial score (nSPS) is 12.1. The van der Waals surface area contributed by atoms with Crippen LogP contribution in [0.15, 0.2) is 255 Å². The van der Waals surface area contributed by atoms with Crippen molar-refractivity contribution < 1.29 is 56.3 Å². The number of methoxy groups -OCH3 is 1. The van der Waals surface area contributed by atoms with Gasteiger partial charge in [-0.3, -0.25) is 43.3 Å². The number of amides is 4. The fourth-order valence-corrected chi connectivity index (χ4v) is 15.6.